The summed E-state index contributed by atoms with van der Waals surface area (Å²) in [5.74, 6) is 0.596. The van der Waals surface area contributed by atoms with Gasteiger partial charge in [-0.25, -0.2) is 0 Å². The highest BCUT2D eigenvalue weighted by molar-refractivity contribution is 6.05. The lowest BCUT2D eigenvalue weighted by Gasteiger charge is -2.34. The number of likely N-dealkylation sites (N-methyl/N-ethyl adjacent to an activating group) is 1. The van der Waals surface area contributed by atoms with Gasteiger partial charge in [-0.05, 0) is 62.4 Å². The molecule has 3 rings (SSSR count). The van der Waals surface area contributed by atoms with Crippen molar-refractivity contribution in [1.29, 1.82) is 0 Å². The van der Waals surface area contributed by atoms with E-state index < -0.39 is 0 Å². The number of hydrogen-bond donors (Lipinski definition) is 1. The van der Waals surface area contributed by atoms with E-state index in [-0.39, 0.29) is 5.91 Å². The normalized spacial score (nSPS) is 15.0. The first-order chi connectivity index (χ1) is 12.5. The van der Waals surface area contributed by atoms with Crippen LogP contribution in [0.25, 0.3) is 0 Å². The number of ether oxygens (including phenoxy) is 1. The molecule has 5 nitrogen and oxygen atoms in total. The van der Waals surface area contributed by atoms with Gasteiger partial charge >= 0.3 is 0 Å². The average Bonchev–Trinajstić information content (AvgIpc) is 2.64. The van der Waals surface area contributed by atoms with Gasteiger partial charge in [-0.15, -0.1) is 0 Å². The molecule has 0 radical (unpaired) electrons. The van der Waals surface area contributed by atoms with Crippen molar-refractivity contribution in [2.45, 2.75) is 13.8 Å². The Balaban J connectivity index is 1.73. The molecule has 1 heterocycles. The van der Waals surface area contributed by atoms with Gasteiger partial charge in [0, 0.05) is 43.1 Å². The lowest BCUT2D eigenvalue weighted by atomic mass is 10.1. The molecule has 0 atom stereocenters. The van der Waals surface area contributed by atoms with Crippen LogP contribution < -0.4 is 15.0 Å². The van der Waals surface area contributed by atoms with E-state index in [0.29, 0.717) is 5.56 Å². The van der Waals surface area contributed by atoms with Crippen LogP contribution in [0.15, 0.2) is 36.4 Å². The van der Waals surface area contributed by atoms with E-state index in [1.54, 1.807) is 13.2 Å². The molecule has 1 N–H and O–H groups in total. The lowest BCUT2D eigenvalue weighted by Crippen LogP contribution is -2.44. The third kappa shape index (κ3) is 3.99. The predicted octanol–water partition coefficient (Wildman–Crippen LogP) is 3.32. The second-order valence-electron chi connectivity index (χ2n) is 6.93. The minimum atomic E-state index is -0.126. The van der Waals surface area contributed by atoms with Crippen molar-refractivity contribution in [1.82, 2.24) is 4.90 Å². The molecule has 0 spiro atoms. The van der Waals surface area contributed by atoms with E-state index in [9.17, 15) is 4.79 Å². The van der Waals surface area contributed by atoms with E-state index in [4.69, 9.17) is 4.74 Å². The summed E-state index contributed by atoms with van der Waals surface area (Å²) >= 11 is 0. The van der Waals surface area contributed by atoms with Crippen molar-refractivity contribution in [2.24, 2.45) is 0 Å². The Hall–Kier alpha value is -2.53. The van der Waals surface area contributed by atoms with Gasteiger partial charge in [0.15, 0.2) is 0 Å². The number of rotatable bonds is 4. The number of hydrogen-bond acceptors (Lipinski definition) is 4. The number of carbonyl (C=O) groups excluding carboxylic acids is 1. The van der Waals surface area contributed by atoms with Crippen molar-refractivity contribution in [3.8, 4) is 5.75 Å². The Morgan fingerprint density at radius 2 is 1.73 bits per heavy atom. The first kappa shape index (κ1) is 18.3. The van der Waals surface area contributed by atoms with E-state index in [2.05, 4.69) is 34.3 Å². The van der Waals surface area contributed by atoms with E-state index in [0.717, 1.165) is 48.7 Å². The standard InChI is InChI=1S/C21H27N3O2/c1-15-5-6-17(14-20(15)26-4)21(25)22-19-8-7-18(13-16(19)2)24-11-9-23(3)10-12-24/h5-8,13-14H,9-12H2,1-4H3,(H,22,25). The zero-order valence-electron chi connectivity index (χ0n) is 16.0. The van der Waals surface area contributed by atoms with Gasteiger partial charge in [0.05, 0.1) is 7.11 Å². The Morgan fingerprint density at radius 1 is 1.00 bits per heavy atom. The molecule has 1 amide bonds. The van der Waals surface area contributed by atoms with Crippen molar-refractivity contribution in [3.63, 3.8) is 0 Å². The quantitative estimate of drug-likeness (QED) is 0.916. The van der Waals surface area contributed by atoms with Crippen LogP contribution in [0, 0.1) is 13.8 Å². The number of carbonyl (C=O) groups is 1. The lowest BCUT2D eigenvalue weighted by molar-refractivity contribution is 0.102. The largest absolute Gasteiger partial charge is 0.496 e. The minimum absolute atomic E-state index is 0.126. The van der Waals surface area contributed by atoms with E-state index >= 15 is 0 Å². The molecule has 0 aromatic heterocycles. The molecule has 1 fully saturated rings. The summed E-state index contributed by atoms with van der Waals surface area (Å²) in [6.45, 7) is 8.21. The number of nitrogens with one attached hydrogen (secondary N) is 1. The number of methoxy groups -OCH3 is 1. The van der Waals surface area contributed by atoms with Crippen molar-refractivity contribution >= 4 is 17.3 Å². The maximum atomic E-state index is 12.6. The summed E-state index contributed by atoms with van der Waals surface area (Å²) in [5.41, 5.74) is 4.72. The molecular weight excluding hydrogens is 326 g/mol. The molecule has 138 valence electrons. The first-order valence-electron chi connectivity index (χ1n) is 8.98. The molecule has 1 aliphatic heterocycles. The number of piperazine rings is 1. The van der Waals surface area contributed by atoms with E-state index in [1.165, 1.54) is 5.69 Å². The van der Waals surface area contributed by atoms with Crippen molar-refractivity contribution in [3.05, 3.63) is 53.1 Å². The zero-order valence-corrected chi connectivity index (χ0v) is 16.0. The Labute approximate surface area is 155 Å². The molecule has 1 saturated heterocycles. The van der Waals surface area contributed by atoms with Gasteiger partial charge in [-0.2, -0.15) is 0 Å². The fourth-order valence-electron chi connectivity index (χ4n) is 3.21. The molecule has 2 aromatic rings. The molecule has 0 unspecified atom stereocenters. The van der Waals surface area contributed by atoms with Gasteiger partial charge in [0.25, 0.3) is 5.91 Å². The van der Waals surface area contributed by atoms with Crippen LogP contribution in [0.2, 0.25) is 0 Å². The Bertz CT molecular complexity index is 796. The summed E-state index contributed by atoms with van der Waals surface area (Å²) in [4.78, 5) is 17.3. The fourth-order valence-corrected chi connectivity index (χ4v) is 3.21. The van der Waals surface area contributed by atoms with Gasteiger partial charge in [-0.1, -0.05) is 6.07 Å². The maximum absolute atomic E-state index is 12.6. The monoisotopic (exact) mass is 353 g/mol. The molecule has 0 bridgehead atoms. The molecule has 26 heavy (non-hydrogen) atoms. The highest BCUT2D eigenvalue weighted by atomic mass is 16.5. The zero-order chi connectivity index (χ0) is 18.7. The smallest absolute Gasteiger partial charge is 0.255 e. The van der Waals surface area contributed by atoms with Crippen LogP contribution in [0.4, 0.5) is 11.4 Å². The highest BCUT2D eigenvalue weighted by Gasteiger charge is 2.16. The molecule has 0 aliphatic carbocycles. The van der Waals surface area contributed by atoms with Gasteiger partial charge in [-0.3, -0.25) is 4.79 Å². The van der Waals surface area contributed by atoms with Gasteiger partial charge in [0.2, 0.25) is 0 Å². The van der Waals surface area contributed by atoms with Crippen LogP contribution in [-0.2, 0) is 0 Å². The molecule has 1 aliphatic rings. The summed E-state index contributed by atoms with van der Waals surface area (Å²) in [6.07, 6.45) is 0. The van der Waals surface area contributed by atoms with Crippen LogP contribution in [0.3, 0.4) is 0 Å². The van der Waals surface area contributed by atoms with Crippen molar-refractivity contribution in [2.75, 3.05) is 50.6 Å². The Morgan fingerprint density at radius 3 is 2.38 bits per heavy atom. The fraction of sp³-hybridized carbons (Fsp3) is 0.381. The average molecular weight is 353 g/mol. The topological polar surface area (TPSA) is 44.8 Å². The summed E-state index contributed by atoms with van der Waals surface area (Å²) < 4.78 is 5.31. The minimum Gasteiger partial charge on any atom is -0.496 e. The Kier molecular flexibility index (Phi) is 5.47. The van der Waals surface area contributed by atoms with Crippen molar-refractivity contribution < 1.29 is 9.53 Å². The number of benzene rings is 2. The number of anilines is 2. The van der Waals surface area contributed by atoms with Gasteiger partial charge < -0.3 is 19.9 Å². The van der Waals surface area contributed by atoms with E-state index in [1.807, 2.05) is 32.0 Å². The second-order valence-corrected chi connectivity index (χ2v) is 6.93. The van der Waals surface area contributed by atoms with Crippen LogP contribution >= 0.6 is 0 Å². The third-order valence-corrected chi connectivity index (χ3v) is 5.00. The number of amides is 1. The highest BCUT2D eigenvalue weighted by Crippen LogP contribution is 2.25. The number of nitrogens with zero attached hydrogens (tertiary/aromatic N) is 2. The SMILES string of the molecule is COc1cc(C(=O)Nc2ccc(N3CCN(C)CC3)cc2C)ccc1C. The summed E-state index contributed by atoms with van der Waals surface area (Å²) in [6, 6.07) is 11.7. The molecule has 0 saturated carbocycles. The predicted molar refractivity (Wildman–Crippen MR) is 107 cm³/mol. The summed E-state index contributed by atoms with van der Waals surface area (Å²) in [5, 5.41) is 3.01. The summed E-state index contributed by atoms with van der Waals surface area (Å²) in [7, 11) is 3.77. The van der Waals surface area contributed by atoms with Crippen LogP contribution in [0.1, 0.15) is 21.5 Å². The van der Waals surface area contributed by atoms with Crippen LogP contribution in [0.5, 0.6) is 5.75 Å². The number of aryl methyl sites for hydroxylation is 2. The third-order valence-electron chi connectivity index (χ3n) is 5.00. The molecule has 5 heteroatoms. The first-order valence-corrected chi connectivity index (χ1v) is 8.98. The van der Waals surface area contributed by atoms with Gasteiger partial charge in [0.1, 0.15) is 5.75 Å². The maximum Gasteiger partial charge on any atom is 0.255 e. The second kappa shape index (κ2) is 7.79. The molecule has 2 aromatic carbocycles. The van der Waals surface area contributed by atoms with Crippen LogP contribution in [-0.4, -0.2) is 51.1 Å². The molecular formula is C21H27N3O2.